The van der Waals surface area contributed by atoms with E-state index in [0.717, 1.165) is 24.5 Å². The predicted octanol–water partition coefficient (Wildman–Crippen LogP) is 1.73. The van der Waals surface area contributed by atoms with Crippen LogP contribution in [0, 0.1) is 6.92 Å². The Morgan fingerprint density at radius 3 is 2.71 bits per heavy atom. The van der Waals surface area contributed by atoms with Crippen LogP contribution in [0.25, 0.3) is 5.82 Å². The first-order valence-corrected chi connectivity index (χ1v) is 5.82. The lowest BCUT2D eigenvalue weighted by Gasteiger charge is -2.02. The minimum atomic E-state index is 0.628. The van der Waals surface area contributed by atoms with Gasteiger partial charge in [0.15, 0.2) is 5.82 Å². The Hall–Kier alpha value is -1.46. The van der Waals surface area contributed by atoms with Crippen molar-refractivity contribution in [2.75, 3.05) is 6.54 Å². The molecule has 0 radical (unpaired) electrons. The van der Waals surface area contributed by atoms with E-state index in [1.165, 1.54) is 0 Å². The van der Waals surface area contributed by atoms with Gasteiger partial charge in [-0.05, 0) is 13.5 Å². The predicted molar refractivity (Wildman–Crippen MR) is 66.3 cm³/mol. The Balaban J connectivity index is 2.17. The number of aryl methyl sites for hydroxylation is 1. The zero-order valence-corrected chi connectivity index (χ0v) is 10.6. The summed E-state index contributed by atoms with van der Waals surface area (Å²) in [5.41, 5.74) is 1.69. The van der Waals surface area contributed by atoms with E-state index >= 15 is 0 Å². The number of aromatic nitrogens is 4. The van der Waals surface area contributed by atoms with Gasteiger partial charge in [-0.15, -0.1) is 0 Å². The van der Waals surface area contributed by atoms with Crippen molar-refractivity contribution >= 4 is 11.6 Å². The molecule has 0 saturated carbocycles. The molecule has 1 N–H and O–H groups in total. The largest absolute Gasteiger partial charge is 0.311 e. The number of hydrogen-bond acceptors (Lipinski definition) is 4. The second-order valence-electron chi connectivity index (χ2n) is 3.65. The fourth-order valence-electron chi connectivity index (χ4n) is 1.37. The summed E-state index contributed by atoms with van der Waals surface area (Å²) in [4.78, 5) is 8.60. The molecule has 0 bridgehead atoms. The minimum Gasteiger partial charge on any atom is -0.311 e. The van der Waals surface area contributed by atoms with Crippen molar-refractivity contribution in [3.05, 3.63) is 35.0 Å². The minimum absolute atomic E-state index is 0.628. The maximum Gasteiger partial charge on any atom is 0.171 e. The normalized spacial score (nSPS) is 10.8. The standard InChI is InChI=1S/C11H14ClN5/c1-3-13-4-9-5-15-11(6-14-9)17-7-10(12)8(2)16-17/h5-7,13H,3-4H2,1-2H3. The molecule has 0 aliphatic heterocycles. The van der Waals surface area contributed by atoms with Crippen LogP contribution in [0.3, 0.4) is 0 Å². The zero-order chi connectivity index (χ0) is 12.3. The van der Waals surface area contributed by atoms with Crippen molar-refractivity contribution in [1.82, 2.24) is 25.1 Å². The van der Waals surface area contributed by atoms with Crippen molar-refractivity contribution < 1.29 is 0 Å². The number of nitrogens with zero attached hydrogens (tertiary/aromatic N) is 4. The summed E-state index contributed by atoms with van der Waals surface area (Å²) < 4.78 is 1.63. The van der Waals surface area contributed by atoms with E-state index in [0.29, 0.717) is 10.8 Å². The van der Waals surface area contributed by atoms with Crippen LogP contribution in [0.1, 0.15) is 18.3 Å². The van der Waals surface area contributed by atoms with Gasteiger partial charge in [-0.25, -0.2) is 9.67 Å². The summed E-state index contributed by atoms with van der Waals surface area (Å²) in [5.74, 6) is 0.667. The fourth-order valence-corrected chi connectivity index (χ4v) is 1.50. The highest BCUT2D eigenvalue weighted by Gasteiger charge is 2.05. The van der Waals surface area contributed by atoms with Crippen molar-refractivity contribution in [1.29, 1.82) is 0 Å². The Bertz CT molecular complexity index is 472. The third-order valence-corrected chi connectivity index (χ3v) is 2.69. The molecule has 0 aromatic carbocycles. The highest BCUT2D eigenvalue weighted by Crippen LogP contribution is 2.14. The molecule has 0 spiro atoms. The van der Waals surface area contributed by atoms with Crippen LogP contribution in [-0.4, -0.2) is 26.3 Å². The van der Waals surface area contributed by atoms with Crippen LogP contribution in [0.5, 0.6) is 0 Å². The molecule has 0 saturated heterocycles. The van der Waals surface area contributed by atoms with Gasteiger partial charge in [-0.3, -0.25) is 4.98 Å². The molecule has 0 fully saturated rings. The topological polar surface area (TPSA) is 55.6 Å². The molecular formula is C11H14ClN5. The lowest BCUT2D eigenvalue weighted by atomic mass is 10.4. The van der Waals surface area contributed by atoms with Crippen molar-refractivity contribution in [2.24, 2.45) is 0 Å². The Morgan fingerprint density at radius 1 is 1.35 bits per heavy atom. The Kier molecular flexibility index (Phi) is 3.71. The second-order valence-corrected chi connectivity index (χ2v) is 4.06. The lowest BCUT2D eigenvalue weighted by molar-refractivity contribution is 0.703. The third-order valence-electron chi connectivity index (χ3n) is 2.32. The lowest BCUT2D eigenvalue weighted by Crippen LogP contribution is -2.13. The van der Waals surface area contributed by atoms with E-state index < -0.39 is 0 Å². The molecule has 6 heteroatoms. The Labute approximate surface area is 105 Å². The number of rotatable bonds is 4. The molecule has 0 amide bonds. The van der Waals surface area contributed by atoms with Gasteiger partial charge in [0.25, 0.3) is 0 Å². The van der Waals surface area contributed by atoms with E-state index in [-0.39, 0.29) is 0 Å². The summed E-state index contributed by atoms with van der Waals surface area (Å²) in [6.45, 7) is 5.54. The highest BCUT2D eigenvalue weighted by atomic mass is 35.5. The van der Waals surface area contributed by atoms with Gasteiger partial charge in [0.05, 0.1) is 35.0 Å². The van der Waals surface area contributed by atoms with E-state index in [1.807, 2.05) is 6.92 Å². The fraction of sp³-hybridized carbons (Fsp3) is 0.364. The van der Waals surface area contributed by atoms with Gasteiger partial charge in [0.1, 0.15) is 0 Å². The van der Waals surface area contributed by atoms with Gasteiger partial charge in [0, 0.05) is 6.54 Å². The molecule has 0 atom stereocenters. The molecule has 0 aliphatic carbocycles. The van der Waals surface area contributed by atoms with Gasteiger partial charge in [-0.1, -0.05) is 18.5 Å². The molecular weight excluding hydrogens is 238 g/mol. The average Bonchev–Trinajstić information content (AvgIpc) is 2.68. The van der Waals surface area contributed by atoms with Crippen molar-refractivity contribution in [3.8, 4) is 5.82 Å². The van der Waals surface area contributed by atoms with Crippen LogP contribution >= 0.6 is 11.6 Å². The molecule has 2 aromatic rings. The van der Waals surface area contributed by atoms with E-state index in [4.69, 9.17) is 11.6 Å². The molecule has 5 nitrogen and oxygen atoms in total. The average molecular weight is 252 g/mol. The molecule has 2 aromatic heterocycles. The smallest absolute Gasteiger partial charge is 0.171 e. The molecule has 90 valence electrons. The summed E-state index contributed by atoms with van der Waals surface area (Å²) in [6, 6.07) is 0. The van der Waals surface area contributed by atoms with E-state index in [9.17, 15) is 0 Å². The second kappa shape index (κ2) is 5.25. The SMILES string of the molecule is CCNCc1cnc(-n2cc(Cl)c(C)n2)cn1. The van der Waals surface area contributed by atoms with E-state index in [1.54, 1.807) is 23.3 Å². The monoisotopic (exact) mass is 251 g/mol. The van der Waals surface area contributed by atoms with Crippen molar-refractivity contribution in [3.63, 3.8) is 0 Å². The third kappa shape index (κ3) is 2.81. The molecule has 0 unspecified atom stereocenters. The highest BCUT2D eigenvalue weighted by molar-refractivity contribution is 6.31. The Morgan fingerprint density at radius 2 is 2.18 bits per heavy atom. The van der Waals surface area contributed by atoms with Crippen LogP contribution in [-0.2, 0) is 6.54 Å². The first-order chi connectivity index (χ1) is 8.20. The number of halogens is 1. The van der Waals surface area contributed by atoms with Gasteiger partial charge >= 0.3 is 0 Å². The molecule has 17 heavy (non-hydrogen) atoms. The molecule has 2 rings (SSSR count). The first-order valence-electron chi connectivity index (χ1n) is 5.44. The zero-order valence-electron chi connectivity index (χ0n) is 9.81. The number of nitrogens with one attached hydrogen (secondary N) is 1. The first kappa shape index (κ1) is 12.0. The van der Waals surface area contributed by atoms with Crippen LogP contribution in [0.4, 0.5) is 0 Å². The van der Waals surface area contributed by atoms with Crippen molar-refractivity contribution in [2.45, 2.75) is 20.4 Å². The van der Waals surface area contributed by atoms with Gasteiger partial charge in [0.2, 0.25) is 0 Å². The number of hydrogen-bond donors (Lipinski definition) is 1. The summed E-state index contributed by atoms with van der Waals surface area (Å²) in [6.07, 6.45) is 5.16. The summed E-state index contributed by atoms with van der Waals surface area (Å²) in [5, 5.41) is 8.06. The maximum absolute atomic E-state index is 5.94. The van der Waals surface area contributed by atoms with Crippen LogP contribution in [0.2, 0.25) is 5.02 Å². The quantitative estimate of drug-likeness (QED) is 0.899. The van der Waals surface area contributed by atoms with E-state index in [2.05, 4.69) is 27.3 Å². The molecule has 2 heterocycles. The van der Waals surface area contributed by atoms with Crippen LogP contribution < -0.4 is 5.32 Å². The summed E-state index contributed by atoms with van der Waals surface area (Å²) >= 11 is 5.94. The summed E-state index contributed by atoms with van der Waals surface area (Å²) in [7, 11) is 0. The van der Waals surface area contributed by atoms with Crippen LogP contribution in [0.15, 0.2) is 18.6 Å². The van der Waals surface area contributed by atoms with Gasteiger partial charge < -0.3 is 5.32 Å². The molecule has 0 aliphatic rings. The van der Waals surface area contributed by atoms with Gasteiger partial charge in [-0.2, -0.15) is 5.10 Å². The maximum atomic E-state index is 5.94.